The summed E-state index contributed by atoms with van der Waals surface area (Å²) in [5.74, 6) is 1.59. The first-order valence-electron chi connectivity index (χ1n) is 6.96. The van der Waals surface area contributed by atoms with Crippen LogP contribution in [0.1, 0.15) is 31.9 Å². The molecule has 1 heterocycles. The van der Waals surface area contributed by atoms with Crippen LogP contribution in [0, 0.1) is 6.92 Å². The molecule has 0 bridgehead atoms. The third-order valence-electron chi connectivity index (χ3n) is 2.97. The molecule has 0 saturated carbocycles. The number of benzene rings is 1. The van der Waals surface area contributed by atoms with Crippen molar-refractivity contribution in [1.82, 2.24) is 10.3 Å². The number of aryl methyl sites for hydroxylation is 1. The van der Waals surface area contributed by atoms with Crippen molar-refractivity contribution in [1.29, 1.82) is 0 Å². The predicted molar refractivity (Wildman–Crippen MR) is 89.8 cm³/mol. The summed E-state index contributed by atoms with van der Waals surface area (Å²) in [5, 5.41) is 3.48. The van der Waals surface area contributed by atoms with Gasteiger partial charge in [-0.25, -0.2) is 0 Å². The molecule has 21 heavy (non-hydrogen) atoms. The van der Waals surface area contributed by atoms with E-state index in [0.29, 0.717) is 0 Å². The molecule has 0 atom stereocenters. The molecule has 2 aromatic rings. The summed E-state index contributed by atoms with van der Waals surface area (Å²) in [6.45, 7) is 9.40. The van der Waals surface area contributed by atoms with E-state index >= 15 is 0 Å². The summed E-state index contributed by atoms with van der Waals surface area (Å²) < 4.78 is 6.78. The summed E-state index contributed by atoms with van der Waals surface area (Å²) in [5.41, 5.74) is 2.48. The van der Waals surface area contributed by atoms with Crippen molar-refractivity contribution in [2.45, 2.75) is 39.8 Å². The normalized spacial score (nSPS) is 11.5. The largest absolute Gasteiger partial charge is 0.455 e. The highest BCUT2D eigenvalue weighted by Crippen LogP contribution is 2.27. The zero-order valence-corrected chi connectivity index (χ0v) is 14.5. The maximum absolute atomic E-state index is 5.88. The highest BCUT2D eigenvalue weighted by Gasteiger charge is 2.09. The van der Waals surface area contributed by atoms with Gasteiger partial charge in [0.1, 0.15) is 11.5 Å². The lowest BCUT2D eigenvalue weighted by Gasteiger charge is -2.21. The molecule has 1 aromatic carbocycles. The van der Waals surface area contributed by atoms with Gasteiger partial charge < -0.3 is 10.1 Å². The van der Waals surface area contributed by atoms with Gasteiger partial charge in [0.15, 0.2) is 0 Å². The highest BCUT2D eigenvalue weighted by atomic mass is 79.9. The zero-order chi connectivity index (χ0) is 15.5. The van der Waals surface area contributed by atoms with Crippen LogP contribution < -0.4 is 10.1 Å². The first-order chi connectivity index (χ1) is 9.83. The summed E-state index contributed by atoms with van der Waals surface area (Å²) in [6.07, 6.45) is 3.44. The van der Waals surface area contributed by atoms with Gasteiger partial charge >= 0.3 is 0 Å². The number of nitrogens with one attached hydrogen (secondary N) is 1. The first-order valence-corrected chi connectivity index (χ1v) is 7.76. The molecule has 0 aliphatic rings. The van der Waals surface area contributed by atoms with Gasteiger partial charge in [0.2, 0.25) is 0 Å². The van der Waals surface area contributed by atoms with Crippen molar-refractivity contribution in [3.8, 4) is 11.5 Å². The average molecular weight is 349 g/mol. The van der Waals surface area contributed by atoms with E-state index in [2.05, 4.69) is 66.1 Å². The van der Waals surface area contributed by atoms with Gasteiger partial charge in [0, 0.05) is 22.8 Å². The van der Waals surface area contributed by atoms with Crippen molar-refractivity contribution in [2.75, 3.05) is 0 Å². The van der Waals surface area contributed by atoms with Gasteiger partial charge in [-0.2, -0.15) is 0 Å². The number of hydrogen-bond acceptors (Lipinski definition) is 3. The van der Waals surface area contributed by atoms with E-state index in [1.165, 1.54) is 5.56 Å². The molecular formula is C17H21BrN2O. The quantitative estimate of drug-likeness (QED) is 0.858. The zero-order valence-electron chi connectivity index (χ0n) is 12.9. The Morgan fingerprint density at radius 1 is 1.19 bits per heavy atom. The molecule has 0 aliphatic heterocycles. The smallest absolute Gasteiger partial charge is 0.146 e. The molecule has 1 N–H and O–H groups in total. The number of hydrogen-bond donors (Lipinski definition) is 1. The summed E-state index contributed by atoms with van der Waals surface area (Å²) >= 11 is 3.39. The maximum Gasteiger partial charge on any atom is 0.146 e. The standard InChI is InChI=1S/C17H21BrN2O/c1-12-7-13(9-20-17(2,3)4)5-6-16(12)21-15-8-14(18)10-19-11-15/h5-8,10-11,20H,9H2,1-4H3. The Labute approximate surface area is 134 Å². The SMILES string of the molecule is Cc1cc(CNC(C)(C)C)ccc1Oc1cncc(Br)c1. The Balaban J connectivity index is 2.09. The van der Waals surface area contributed by atoms with E-state index in [9.17, 15) is 0 Å². The molecule has 0 unspecified atom stereocenters. The number of ether oxygens (including phenoxy) is 1. The second kappa shape index (κ2) is 6.58. The fraction of sp³-hybridized carbons (Fsp3) is 0.353. The van der Waals surface area contributed by atoms with Crippen molar-refractivity contribution >= 4 is 15.9 Å². The lowest BCUT2D eigenvalue weighted by Crippen LogP contribution is -2.35. The van der Waals surface area contributed by atoms with Crippen molar-refractivity contribution in [3.05, 3.63) is 52.3 Å². The highest BCUT2D eigenvalue weighted by molar-refractivity contribution is 9.10. The monoisotopic (exact) mass is 348 g/mol. The molecule has 1 aromatic heterocycles. The summed E-state index contributed by atoms with van der Waals surface area (Å²) in [6, 6.07) is 8.16. The fourth-order valence-corrected chi connectivity index (χ4v) is 2.22. The van der Waals surface area contributed by atoms with Crippen LogP contribution in [0.25, 0.3) is 0 Å². The van der Waals surface area contributed by atoms with Crippen LogP contribution in [0.15, 0.2) is 41.1 Å². The molecule has 0 saturated heterocycles. The van der Waals surface area contributed by atoms with Gasteiger partial charge in [-0.15, -0.1) is 0 Å². The topological polar surface area (TPSA) is 34.1 Å². The average Bonchev–Trinajstić information content (AvgIpc) is 2.38. The predicted octanol–water partition coefficient (Wildman–Crippen LogP) is 4.83. The summed E-state index contributed by atoms with van der Waals surface area (Å²) in [7, 11) is 0. The lowest BCUT2D eigenvalue weighted by atomic mass is 10.1. The lowest BCUT2D eigenvalue weighted by molar-refractivity contribution is 0.424. The van der Waals surface area contributed by atoms with Crippen molar-refractivity contribution < 1.29 is 4.74 Å². The van der Waals surface area contributed by atoms with Crippen LogP contribution in [0.5, 0.6) is 11.5 Å². The van der Waals surface area contributed by atoms with Crippen LogP contribution in [0.3, 0.4) is 0 Å². The van der Waals surface area contributed by atoms with Crippen LogP contribution in [-0.2, 0) is 6.54 Å². The Hall–Kier alpha value is -1.39. The third-order valence-corrected chi connectivity index (χ3v) is 3.40. The van der Waals surface area contributed by atoms with Crippen molar-refractivity contribution in [3.63, 3.8) is 0 Å². The van der Waals surface area contributed by atoms with Gasteiger partial charge in [-0.05, 0) is 66.9 Å². The molecular weight excluding hydrogens is 328 g/mol. The maximum atomic E-state index is 5.88. The first kappa shape index (κ1) is 16.0. The molecule has 0 spiro atoms. The minimum absolute atomic E-state index is 0.116. The van der Waals surface area contributed by atoms with E-state index in [1.807, 2.05) is 12.1 Å². The summed E-state index contributed by atoms with van der Waals surface area (Å²) in [4.78, 5) is 4.10. The Bertz CT molecular complexity index is 620. The number of pyridine rings is 1. The Morgan fingerprint density at radius 2 is 1.95 bits per heavy atom. The van der Waals surface area contributed by atoms with E-state index < -0.39 is 0 Å². The molecule has 4 heteroatoms. The number of nitrogens with zero attached hydrogens (tertiary/aromatic N) is 1. The fourth-order valence-electron chi connectivity index (χ4n) is 1.88. The van der Waals surface area contributed by atoms with Crippen molar-refractivity contribution in [2.24, 2.45) is 0 Å². The molecule has 0 aliphatic carbocycles. The number of halogens is 1. The molecule has 0 radical (unpaired) electrons. The molecule has 0 amide bonds. The molecule has 3 nitrogen and oxygen atoms in total. The molecule has 0 fully saturated rings. The van der Waals surface area contributed by atoms with Gasteiger partial charge in [0.05, 0.1) is 6.20 Å². The minimum atomic E-state index is 0.116. The molecule has 2 rings (SSSR count). The Kier molecular flexibility index (Phi) is 5.01. The van der Waals surface area contributed by atoms with Gasteiger partial charge in [-0.1, -0.05) is 12.1 Å². The molecule has 112 valence electrons. The van der Waals surface area contributed by atoms with Crippen LogP contribution >= 0.6 is 15.9 Å². The number of rotatable bonds is 4. The van der Waals surface area contributed by atoms with Crippen LogP contribution in [0.4, 0.5) is 0 Å². The van der Waals surface area contributed by atoms with E-state index in [1.54, 1.807) is 12.4 Å². The van der Waals surface area contributed by atoms with E-state index in [-0.39, 0.29) is 5.54 Å². The second-order valence-electron chi connectivity index (χ2n) is 6.14. The Morgan fingerprint density at radius 3 is 2.57 bits per heavy atom. The van der Waals surface area contributed by atoms with Crippen LogP contribution in [-0.4, -0.2) is 10.5 Å². The van der Waals surface area contributed by atoms with E-state index in [4.69, 9.17) is 4.74 Å². The van der Waals surface area contributed by atoms with Gasteiger partial charge in [-0.3, -0.25) is 4.98 Å². The minimum Gasteiger partial charge on any atom is -0.455 e. The van der Waals surface area contributed by atoms with Gasteiger partial charge in [0.25, 0.3) is 0 Å². The number of aromatic nitrogens is 1. The second-order valence-corrected chi connectivity index (χ2v) is 7.06. The van der Waals surface area contributed by atoms with E-state index in [0.717, 1.165) is 28.1 Å². The van der Waals surface area contributed by atoms with Crippen LogP contribution in [0.2, 0.25) is 0 Å². The third kappa shape index (κ3) is 5.14.